The van der Waals surface area contributed by atoms with Gasteiger partial charge in [-0.1, -0.05) is 6.08 Å². The van der Waals surface area contributed by atoms with Crippen molar-refractivity contribution in [3.8, 4) is 0 Å². The van der Waals surface area contributed by atoms with Crippen molar-refractivity contribution in [1.29, 1.82) is 0 Å². The van der Waals surface area contributed by atoms with Gasteiger partial charge in [0.05, 0.1) is 13.2 Å². The second-order valence-corrected chi connectivity index (χ2v) is 2.60. The Bertz CT molecular complexity index is 191. The molecule has 0 aliphatic carbocycles. The van der Waals surface area contributed by atoms with Gasteiger partial charge in [0.15, 0.2) is 6.29 Å². The molecule has 12 heavy (non-hydrogen) atoms. The Balaban J connectivity index is 2.31. The highest BCUT2D eigenvalue weighted by Gasteiger charge is 2.14. The number of carbonyl (C=O) groups is 1. The van der Waals surface area contributed by atoms with Crippen molar-refractivity contribution in [1.82, 2.24) is 0 Å². The second kappa shape index (κ2) is 4.23. The molecule has 1 N–H and O–H groups in total. The van der Waals surface area contributed by atoms with E-state index in [1.165, 1.54) is 0 Å². The third-order valence-electron chi connectivity index (χ3n) is 1.64. The molecule has 0 aromatic rings. The van der Waals surface area contributed by atoms with Crippen molar-refractivity contribution >= 4 is 5.97 Å². The molecule has 0 amide bonds. The molecule has 1 heterocycles. The van der Waals surface area contributed by atoms with E-state index in [1.54, 1.807) is 13.0 Å². The third kappa shape index (κ3) is 2.64. The van der Waals surface area contributed by atoms with Crippen LogP contribution < -0.4 is 0 Å². The van der Waals surface area contributed by atoms with Crippen LogP contribution in [-0.2, 0) is 14.3 Å². The predicted molar refractivity (Wildman–Crippen MR) is 41.7 cm³/mol. The van der Waals surface area contributed by atoms with Crippen LogP contribution in [0.25, 0.3) is 0 Å². The van der Waals surface area contributed by atoms with Crippen LogP contribution in [0.3, 0.4) is 0 Å². The van der Waals surface area contributed by atoms with E-state index in [2.05, 4.69) is 0 Å². The SMILES string of the molecule is CC(=CCC1OCCO1)C(=O)O. The minimum Gasteiger partial charge on any atom is -0.478 e. The Hall–Kier alpha value is -0.870. The molecule has 0 atom stereocenters. The molecule has 0 saturated carbocycles. The molecular formula is C8H12O4. The van der Waals surface area contributed by atoms with Crippen LogP contribution in [0.1, 0.15) is 13.3 Å². The van der Waals surface area contributed by atoms with Gasteiger partial charge < -0.3 is 14.6 Å². The standard InChI is InChI=1S/C8H12O4/c1-6(8(9)10)2-3-7-11-4-5-12-7/h2,7H,3-5H2,1H3,(H,9,10). The zero-order chi connectivity index (χ0) is 8.97. The summed E-state index contributed by atoms with van der Waals surface area (Å²) >= 11 is 0. The van der Waals surface area contributed by atoms with Gasteiger partial charge in [-0.3, -0.25) is 0 Å². The van der Waals surface area contributed by atoms with Crippen LogP contribution in [-0.4, -0.2) is 30.6 Å². The van der Waals surface area contributed by atoms with E-state index in [9.17, 15) is 4.79 Å². The van der Waals surface area contributed by atoms with Crippen LogP contribution in [0.2, 0.25) is 0 Å². The fourth-order valence-electron chi connectivity index (χ4n) is 0.904. The molecular weight excluding hydrogens is 160 g/mol. The van der Waals surface area contributed by atoms with Gasteiger partial charge in [0.1, 0.15) is 0 Å². The maximum Gasteiger partial charge on any atom is 0.330 e. The van der Waals surface area contributed by atoms with Crippen LogP contribution in [0.4, 0.5) is 0 Å². The molecule has 0 radical (unpaired) electrons. The number of rotatable bonds is 3. The average molecular weight is 172 g/mol. The summed E-state index contributed by atoms with van der Waals surface area (Å²) in [7, 11) is 0. The lowest BCUT2D eigenvalue weighted by Gasteiger charge is -2.04. The van der Waals surface area contributed by atoms with Crippen LogP contribution in [0.15, 0.2) is 11.6 Å². The third-order valence-corrected chi connectivity index (χ3v) is 1.64. The first-order valence-electron chi connectivity index (χ1n) is 3.83. The summed E-state index contributed by atoms with van der Waals surface area (Å²) in [6.45, 7) is 2.76. The number of carboxylic acid groups (broad SMARTS) is 1. The van der Waals surface area contributed by atoms with Gasteiger partial charge in [-0.25, -0.2) is 4.79 Å². The van der Waals surface area contributed by atoms with E-state index in [0.29, 0.717) is 25.2 Å². The largest absolute Gasteiger partial charge is 0.478 e. The summed E-state index contributed by atoms with van der Waals surface area (Å²) < 4.78 is 10.2. The van der Waals surface area contributed by atoms with Crippen molar-refractivity contribution in [2.75, 3.05) is 13.2 Å². The summed E-state index contributed by atoms with van der Waals surface area (Å²) in [6.07, 6.45) is 1.87. The molecule has 0 spiro atoms. The summed E-state index contributed by atoms with van der Waals surface area (Å²) in [6, 6.07) is 0. The summed E-state index contributed by atoms with van der Waals surface area (Å²) in [5.41, 5.74) is 0.328. The van der Waals surface area contributed by atoms with Crippen molar-refractivity contribution in [3.05, 3.63) is 11.6 Å². The molecule has 1 aliphatic rings. The molecule has 0 unspecified atom stereocenters. The van der Waals surface area contributed by atoms with Crippen LogP contribution in [0.5, 0.6) is 0 Å². The average Bonchev–Trinajstić information content (AvgIpc) is 2.51. The van der Waals surface area contributed by atoms with Crippen molar-refractivity contribution in [2.24, 2.45) is 0 Å². The first-order valence-corrected chi connectivity index (χ1v) is 3.83. The lowest BCUT2D eigenvalue weighted by molar-refractivity contribution is -0.132. The minimum absolute atomic E-state index is 0.251. The van der Waals surface area contributed by atoms with Crippen LogP contribution >= 0.6 is 0 Å². The Kier molecular flexibility index (Phi) is 3.25. The lowest BCUT2D eigenvalue weighted by atomic mass is 10.2. The molecule has 4 heteroatoms. The zero-order valence-electron chi connectivity index (χ0n) is 6.95. The summed E-state index contributed by atoms with van der Waals surface area (Å²) in [5, 5.41) is 8.51. The van der Waals surface area contributed by atoms with Gasteiger partial charge in [-0.2, -0.15) is 0 Å². The van der Waals surface area contributed by atoms with Gasteiger partial charge in [-0.15, -0.1) is 0 Å². The Morgan fingerprint density at radius 3 is 2.67 bits per heavy atom. The smallest absolute Gasteiger partial charge is 0.330 e. The normalized spacial score (nSPS) is 19.9. The van der Waals surface area contributed by atoms with Gasteiger partial charge in [0.2, 0.25) is 0 Å². The monoisotopic (exact) mass is 172 g/mol. The number of aliphatic carboxylic acids is 1. The Morgan fingerprint density at radius 1 is 1.58 bits per heavy atom. The van der Waals surface area contributed by atoms with Gasteiger partial charge in [0, 0.05) is 12.0 Å². The quantitative estimate of drug-likeness (QED) is 0.639. The minimum atomic E-state index is -0.895. The Labute approximate surface area is 70.8 Å². The molecule has 0 bridgehead atoms. The highest BCUT2D eigenvalue weighted by molar-refractivity contribution is 5.85. The van der Waals surface area contributed by atoms with E-state index in [4.69, 9.17) is 14.6 Å². The predicted octanol–water partition coefficient (Wildman–Crippen LogP) is 0.780. The fourth-order valence-corrected chi connectivity index (χ4v) is 0.904. The molecule has 1 aliphatic heterocycles. The maximum absolute atomic E-state index is 10.4. The first-order chi connectivity index (χ1) is 5.70. The second-order valence-electron chi connectivity index (χ2n) is 2.60. The fraction of sp³-hybridized carbons (Fsp3) is 0.625. The number of hydrogen-bond donors (Lipinski definition) is 1. The molecule has 1 fully saturated rings. The highest BCUT2D eigenvalue weighted by atomic mass is 16.7. The summed E-state index contributed by atoms with van der Waals surface area (Å²) in [4.78, 5) is 10.4. The maximum atomic E-state index is 10.4. The molecule has 4 nitrogen and oxygen atoms in total. The topological polar surface area (TPSA) is 55.8 Å². The van der Waals surface area contributed by atoms with E-state index < -0.39 is 5.97 Å². The molecule has 1 rings (SSSR count). The molecule has 1 saturated heterocycles. The number of carboxylic acids is 1. The van der Waals surface area contributed by atoms with E-state index >= 15 is 0 Å². The van der Waals surface area contributed by atoms with E-state index in [0.717, 1.165) is 0 Å². The van der Waals surface area contributed by atoms with Crippen molar-refractivity contribution < 1.29 is 19.4 Å². The Morgan fingerprint density at radius 2 is 2.17 bits per heavy atom. The zero-order valence-corrected chi connectivity index (χ0v) is 6.95. The van der Waals surface area contributed by atoms with Gasteiger partial charge in [-0.05, 0) is 6.92 Å². The van der Waals surface area contributed by atoms with Crippen molar-refractivity contribution in [3.63, 3.8) is 0 Å². The molecule has 68 valence electrons. The highest BCUT2D eigenvalue weighted by Crippen LogP contribution is 2.09. The molecule has 0 aromatic carbocycles. The number of hydrogen-bond acceptors (Lipinski definition) is 3. The van der Waals surface area contributed by atoms with Gasteiger partial charge in [0.25, 0.3) is 0 Å². The lowest BCUT2D eigenvalue weighted by Crippen LogP contribution is -2.06. The van der Waals surface area contributed by atoms with Gasteiger partial charge >= 0.3 is 5.97 Å². The van der Waals surface area contributed by atoms with Crippen molar-refractivity contribution in [2.45, 2.75) is 19.6 Å². The van der Waals surface area contributed by atoms with Crippen LogP contribution in [0, 0.1) is 0 Å². The van der Waals surface area contributed by atoms with E-state index in [-0.39, 0.29) is 6.29 Å². The summed E-state index contributed by atoms with van der Waals surface area (Å²) in [5.74, 6) is -0.895. The van der Waals surface area contributed by atoms with E-state index in [1.807, 2.05) is 0 Å². The number of ether oxygens (including phenoxy) is 2. The first kappa shape index (κ1) is 9.22. The molecule has 0 aromatic heterocycles.